The summed E-state index contributed by atoms with van der Waals surface area (Å²) in [4.78, 5) is 23.5. The van der Waals surface area contributed by atoms with Crippen molar-refractivity contribution >= 4 is 17.6 Å². The normalized spacial score (nSPS) is 10.1. The van der Waals surface area contributed by atoms with Gasteiger partial charge in [-0.3, -0.25) is 4.79 Å². The molecule has 0 spiro atoms. The van der Waals surface area contributed by atoms with Crippen LogP contribution in [0.15, 0.2) is 54.6 Å². The van der Waals surface area contributed by atoms with Crippen molar-refractivity contribution in [1.82, 2.24) is 10.6 Å². The highest BCUT2D eigenvalue weighted by Gasteiger charge is 2.10. The number of hydrogen-bond acceptors (Lipinski definition) is 3. The number of carbonyl (C=O) groups excluding carboxylic acids is 2. The van der Waals surface area contributed by atoms with Crippen LogP contribution in [0.4, 0.5) is 10.5 Å². The number of anilines is 1. The van der Waals surface area contributed by atoms with Crippen LogP contribution in [0.3, 0.4) is 0 Å². The summed E-state index contributed by atoms with van der Waals surface area (Å²) >= 11 is 0. The molecule has 0 heterocycles. The Bertz CT molecular complexity index is 687. The molecule has 2 aromatic rings. The molecule has 0 aliphatic carbocycles. The summed E-state index contributed by atoms with van der Waals surface area (Å²) in [6.07, 6.45) is 0. The minimum absolute atomic E-state index is 0.00746. The van der Waals surface area contributed by atoms with E-state index in [4.69, 9.17) is 4.74 Å². The molecule has 0 saturated carbocycles. The summed E-state index contributed by atoms with van der Waals surface area (Å²) in [6.45, 7) is 3.56. The predicted octanol–water partition coefficient (Wildman–Crippen LogP) is 3.13. The fraction of sp³-hybridized carbons (Fsp3) is 0.222. The Hall–Kier alpha value is -3.02. The van der Waals surface area contributed by atoms with E-state index in [9.17, 15) is 9.59 Å². The molecule has 6 nitrogen and oxygen atoms in total. The smallest absolute Gasteiger partial charge is 0.315 e. The van der Waals surface area contributed by atoms with Gasteiger partial charge in [0.2, 0.25) is 5.91 Å². The molecule has 0 bridgehead atoms. The first-order chi connectivity index (χ1) is 11.5. The highest BCUT2D eigenvalue weighted by molar-refractivity contribution is 5.95. The number of rotatable bonds is 6. The van der Waals surface area contributed by atoms with E-state index < -0.39 is 0 Å². The molecular formula is C18H21N3O3. The van der Waals surface area contributed by atoms with Crippen molar-refractivity contribution in [3.63, 3.8) is 0 Å². The van der Waals surface area contributed by atoms with E-state index in [2.05, 4.69) is 16.0 Å². The van der Waals surface area contributed by atoms with Crippen LogP contribution >= 0.6 is 0 Å². The summed E-state index contributed by atoms with van der Waals surface area (Å²) in [6, 6.07) is 16.0. The summed E-state index contributed by atoms with van der Waals surface area (Å²) < 4.78 is 5.77. The highest BCUT2D eigenvalue weighted by atomic mass is 16.5. The van der Waals surface area contributed by atoms with Crippen LogP contribution in [0.2, 0.25) is 0 Å². The van der Waals surface area contributed by atoms with Crippen LogP contribution in [0.25, 0.3) is 0 Å². The number of benzene rings is 2. The average Bonchev–Trinajstić information content (AvgIpc) is 2.55. The molecular weight excluding hydrogens is 306 g/mol. The molecule has 0 atom stereocenters. The Morgan fingerprint density at radius 2 is 1.67 bits per heavy atom. The Balaban J connectivity index is 1.94. The van der Waals surface area contributed by atoms with E-state index >= 15 is 0 Å². The average molecular weight is 327 g/mol. The molecule has 2 rings (SSSR count). The molecule has 126 valence electrons. The summed E-state index contributed by atoms with van der Waals surface area (Å²) in [5.74, 6) is 0.871. The lowest BCUT2D eigenvalue weighted by atomic mass is 10.3. The molecule has 3 amide bonds. The number of carbonyl (C=O) groups is 2. The third kappa shape index (κ3) is 5.64. The Kier molecular flexibility index (Phi) is 6.19. The van der Waals surface area contributed by atoms with Gasteiger partial charge >= 0.3 is 6.03 Å². The van der Waals surface area contributed by atoms with Gasteiger partial charge in [-0.2, -0.15) is 0 Å². The van der Waals surface area contributed by atoms with Crippen LogP contribution in [0, 0.1) is 0 Å². The van der Waals surface area contributed by atoms with Gasteiger partial charge in [-0.05, 0) is 38.1 Å². The van der Waals surface area contributed by atoms with E-state index in [-0.39, 0.29) is 24.5 Å². The van der Waals surface area contributed by atoms with Gasteiger partial charge in [0.25, 0.3) is 0 Å². The van der Waals surface area contributed by atoms with Crippen molar-refractivity contribution in [2.24, 2.45) is 0 Å². The van der Waals surface area contributed by atoms with Gasteiger partial charge < -0.3 is 20.7 Å². The van der Waals surface area contributed by atoms with Crippen molar-refractivity contribution in [2.75, 3.05) is 11.9 Å². The first kappa shape index (κ1) is 17.3. The largest absolute Gasteiger partial charge is 0.455 e. The Morgan fingerprint density at radius 1 is 1.00 bits per heavy atom. The molecule has 0 radical (unpaired) electrons. The van der Waals surface area contributed by atoms with Crippen molar-refractivity contribution in [2.45, 2.75) is 19.9 Å². The van der Waals surface area contributed by atoms with E-state index in [0.717, 1.165) is 0 Å². The number of ether oxygens (including phenoxy) is 1. The SMILES string of the molecule is CC(C)NC(=O)NCC(=O)Nc1ccccc1Oc1ccccc1. The van der Waals surface area contributed by atoms with Gasteiger partial charge in [-0.25, -0.2) is 4.79 Å². The summed E-state index contributed by atoms with van der Waals surface area (Å²) in [7, 11) is 0. The second-order valence-corrected chi connectivity index (χ2v) is 5.44. The molecule has 0 unspecified atom stereocenters. The molecule has 3 N–H and O–H groups in total. The molecule has 0 aliphatic rings. The number of amides is 3. The van der Waals surface area contributed by atoms with E-state index in [1.54, 1.807) is 18.2 Å². The molecule has 6 heteroatoms. The van der Waals surface area contributed by atoms with E-state index in [0.29, 0.717) is 17.2 Å². The van der Waals surface area contributed by atoms with Gasteiger partial charge in [0.05, 0.1) is 12.2 Å². The molecule has 2 aromatic carbocycles. The zero-order valence-corrected chi connectivity index (χ0v) is 13.7. The molecule has 0 saturated heterocycles. The predicted molar refractivity (Wildman–Crippen MR) is 93.3 cm³/mol. The summed E-state index contributed by atoms with van der Waals surface area (Å²) in [5, 5.41) is 7.88. The fourth-order valence-corrected chi connectivity index (χ4v) is 1.94. The Morgan fingerprint density at radius 3 is 2.38 bits per heavy atom. The number of nitrogens with one attached hydrogen (secondary N) is 3. The van der Waals surface area contributed by atoms with Gasteiger partial charge in [-0.1, -0.05) is 30.3 Å². The van der Waals surface area contributed by atoms with E-state index in [1.807, 2.05) is 50.2 Å². The van der Waals surface area contributed by atoms with Crippen molar-refractivity contribution in [3.05, 3.63) is 54.6 Å². The monoisotopic (exact) mass is 327 g/mol. The maximum absolute atomic E-state index is 12.0. The lowest BCUT2D eigenvalue weighted by Gasteiger charge is -2.13. The first-order valence-electron chi connectivity index (χ1n) is 7.71. The molecule has 0 fully saturated rings. The highest BCUT2D eigenvalue weighted by Crippen LogP contribution is 2.28. The van der Waals surface area contributed by atoms with Gasteiger partial charge in [0, 0.05) is 6.04 Å². The van der Waals surface area contributed by atoms with Crippen LogP contribution < -0.4 is 20.7 Å². The van der Waals surface area contributed by atoms with Gasteiger partial charge in [-0.15, -0.1) is 0 Å². The molecule has 24 heavy (non-hydrogen) atoms. The van der Waals surface area contributed by atoms with Crippen molar-refractivity contribution in [3.8, 4) is 11.5 Å². The van der Waals surface area contributed by atoms with Crippen LogP contribution in [-0.2, 0) is 4.79 Å². The topological polar surface area (TPSA) is 79.5 Å². The lowest BCUT2D eigenvalue weighted by molar-refractivity contribution is -0.115. The lowest BCUT2D eigenvalue weighted by Crippen LogP contribution is -2.42. The van der Waals surface area contributed by atoms with Crippen molar-refractivity contribution in [1.29, 1.82) is 0 Å². The second kappa shape index (κ2) is 8.57. The molecule has 0 aromatic heterocycles. The second-order valence-electron chi connectivity index (χ2n) is 5.44. The fourth-order valence-electron chi connectivity index (χ4n) is 1.94. The number of urea groups is 1. The zero-order valence-electron chi connectivity index (χ0n) is 13.7. The standard InChI is InChI=1S/C18H21N3O3/c1-13(2)20-18(23)19-12-17(22)21-15-10-6-7-11-16(15)24-14-8-4-3-5-9-14/h3-11,13H,12H2,1-2H3,(H,21,22)(H2,19,20,23). The summed E-state index contributed by atoms with van der Waals surface area (Å²) in [5.41, 5.74) is 0.539. The van der Waals surface area contributed by atoms with Gasteiger partial charge in [0.1, 0.15) is 5.75 Å². The van der Waals surface area contributed by atoms with E-state index in [1.165, 1.54) is 0 Å². The third-order valence-corrected chi connectivity index (χ3v) is 2.96. The zero-order chi connectivity index (χ0) is 17.4. The van der Waals surface area contributed by atoms with Crippen molar-refractivity contribution < 1.29 is 14.3 Å². The molecule has 0 aliphatic heterocycles. The van der Waals surface area contributed by atoms with Crippen LogP contribution in [0.5, 0.6) is 11.5 Å². The van der Waals surface area contributed by atoms with Crippen LogP contribution in [-0.4, -0.2) is 24.5 Å². The van der Waals surface area contributed by atoms with Gasteiger partial charge in [0.15, 0.2) is 5.75 Å². The first-order valence-corrected chi connectivity index (χ1v) is 7.71. The third-order valence-electron chi connectivity index (χ3n) is 2.96. The van der Waals surface area contributed by atoms with Crippen LogP contribution in [0.1, 0.15) is 13.8 Å². The minimum Gasteiger partial charge on any atom is -0.455 e. The minimum atomic E-state index is -0.381. The Labute approximate surface area is 141 Å². The quantitative estimate of drug-likeness (QED) is 0.762. The number of para-hydroxylation sites is 3. The maximum Gasteiger partial charge on any atom is 0.315 e. The maximum atomic E-state index is 12.0. The number of hydrogen-bond donors (Lipinski definition) is 3.